The van der Waals surface area contributed by atoms with E-state index in [-0.39, 0.29) is 21.7 Å². The molecule has 33 rings (SSSR count). The maximum absolute atomic E-state index is 6.54. The first-order chi connectivity index (χ1) is 72.9. The summed E-state index contributed by atoms with van der Waals surface area (Å²) < 4.78 is 15.9. The molecular formula is C138H93N9OS. The van der Waals surface area contributed by atoms with E-state index in [0.29, 0.717) is 11.7 Å². The molecule has 10 nitrogen and oxygen atoms in total. The molecule has 8 aromatic heterocycles. The smallest absolute Gasteiger partial charge is 0.238 e. The minimum absolute atomic E-state index is 0.0570. The molecule has 0 spiro atoms. The van der Waals surface area contributed by atoms with Crippen molar-refractivity contribution in [2.45, 2.75) is 77.0 Å². The molecule has 702 valence electrons. The Labute approximate surface area is 861 Å². The van der Waals surface area contributed by atoms with E-state index in [2.05, 4.69) is 476 Å². The van der Waals surface area contributed by atoms with Crippen LogP contribution in [0.1, 0.15) is 99.9 Å². The summed E-state index contributed by atoms with van der Waals surface area (Å²) in [6.07, 6.45) is 0. The number of nitrogens with zero attached hydrogens (tertiary/aromatic N) is 9. The van der Waals surface area contributed by atoms with Crippen LogP contribution >= 0.6 is 11.3 Å². The van der Waals surface area contributed by atoms with E-state index in [1.807, 2.05) is 12.1 Å². The van der Waals surface area contributed by atoms with Gasteiger partial charge in [-0.1, -0.05) is 377 Å². The molecule has 0 saturated carbocycles. The highest BCUT2D eigenvalue weighted by Crippen LogP contribution is 2.58. The maximum Gasteiger partial charge on any atom is 0.238 e. The molecule has 0 fully saturated rings. The van der Waals surface area contributed by atoms with E-state index in [0.717, 1.165) is 116 Å². The number of benzene rings is 21. The lowest BCUT2D eigenvalue weighted by Gasteiger charge is -2.25. The summed E-state index contributed by atoms with van der Waals surface area (Å²) in [5.74, 6) is 3.96. The molecule has 4 aliphatic rings. The highest BCUT2D eigenvalue weighted by Gasteiger charge is 2.44. The standard InChI is InChI=1S/C48H35N3.C45H29N3O.C45H29N3S/c1-47(2)38-19-11-9-17-33(38)35-25-32(21-22-40(35)47)45-49-44-34-18-10-12-20-39(34)48(3,4)43(44)46(50-45)51-41-26-30-15-7-5-13-28(30)23-36(41)37-24-29-14-6-8-16-31(29)27-42(37)51;1-45(2)36-17-9-7-15-31(36)32-20-19-30(23-37(32)45)42-41-33-16-8-10-18-40(33)49-43(41)47-44(46-42)48-38-24-28-13-5-3-11-26(28)21-34(38)35-22-27-12-4-6-14-29(27)25-39(35)48;1-45(2)35-17-9-7-15-31(35)33-24-29(19-21-36(33)45)43-46-41-32-16-8-10-18-39(32)49-42(41)44(47-43)48-37-22-20-26-11-5-6-14-30(26)40(37)34-23-27-12-3-4-13-28(27)25-38(34)48/h5-27H,1-4H3;2*3-25H,1-2H3. The Bertz CT molecular complexity index is 10800. The molecule has 0 amide bonds. The Kier molecular flexibility index (Phi) is 17.9. The lowest BCUT2D eigenvalue weighted by atomic mass is 9.82. The van der Waals surface area contributed by atoms with Crippen LogP contribution in [0.4, 0.5) is 0 Å². The quantitative estimate of drug-likeness (QED) is 0.163. The summed E-state index contributed by atoms with van der Waals surface area (Å²) in [4.78, 5) is 32.8. The van der Waals surface area contributed by atoms with Crippen molar-refractivity contribution in [2.24, 2.45) is 0 Å². The van der Waals surface area contributed by atoms with Crippen LogP contribution in [0.5, 0.6) is 0 Å². The van der Waals surface area contributed by atoms with Crippen molar-refractivity contribution in [3.63, 3.8) is 0 Å². The van der Waals surface area contributed by atoms with E-state index >= 15 is 0 Å². The van der Waals surface area contributed by atoms with Gasteiger partial charge in [-0.3, -0.25) is 13.7 Å². The fraction of sp³-hybridized carbons (Fsp3) is 0.0870. The number of rotatable bonds is 6. The number of hydrogen-bond donors (Lipinski definition) is 0. The Morgan fingerprint density at radius 1 is 0.228 bits per heavy atom. The summed E-state index contributed by atoms with van der Waals surface area (Å²) in [5.41, 5.74) is 33.0. The van der Waals surface area contributed by atoms with Crippen molar-refractivity contribution in [1.82, 2.24) is 43.6 Å². The van der Waals surface area contributed by atoms with Gasteiger partial charge < -0.3 is 4.42 Å². The van der Waals surface area contributed by atoms with Gasteiger partial charge in [0.1, 0.15) is 11.4 Å². The molecule has 29 aromatic rings. The summed E-state index contributed by atoms with van der Waals surface area (Å²) >= 11 is 1.78. The highest BCUT2D eigenvalue weighted by molar-refractivity contribution is 7.26. The molecule has 0 unspecified atom stereocenters. The van der Waals surface area contributed by atoms with Crippen LogP contribution in [0.2, 0.25) is 0 Å². The van der Waals surface area contributed by atoms with E-state index in [1.54, 1.807) is 11.3 Å². The molecule has 21 aromatic carbocycles. The summed E-state index contributed by atoms with van der Waals surface area (Å²) in [5, 5.41) is 25.0. The molecule has 149 heavy (non-hydrogen) atoms. The van der Waals surface area contributed by atoms with Crippen molar-refractivity contribution in [3.05, 3.63) is 463 Å². The molecule has 0 atom stereocenters. The first-order valence-electron chi connectivity index (χ1n) is 51.6. The third-order valence-corrected chi connectivity index (χ3v) is 34.6. The average Bonchev–Trinajstić information content (AvgIpc) is 1.54. The molecule has 0 saturated heterocycles. The SMILES string of the molecule is CC1(C)c2ccccc2-c2cc(-c3nc(-n4c5cc6ccccc6cc5c5c6ccccc6ccc54)c4sc5ccccc5c4n3)ccc21.CC1(C)c2ccccc2-c2cc(-c3nc4c(c(-n5c6cc7ccccc7cc6c6cc7ccccc7cc65)n3)C(C)(C)c3ccccc3-4)ccc21.CC1(C)c2ccccc2-c2ccc(-c3nc(-n4c5cc6ccccc6cc5c5cc6ccccc6cc54)nc4oc5ccccc5c34)cc21. The number of aromatic nitrogens is 9. The van der Waals surface area contributed by atoms with Crippen LogP contribution in [0.15, 0.2) is 423 Å². The van der Waals surface area contributed by atoms with Gasteiger partial charge in [-0.2, -0.15) is 4.98 Å². The molecule has 11 heteroatoms. The van der Waals surface area contributed by atoms with Crippen LogP contribution in [0, 0.1) is 0 Å². The van der Waals surface area contributed by atoms with Crippen molar-refractivity contribution in [1.29, 1.82) is 0 Å². The van der Waals surface area contributed by atoms with Gasteiger partial charge in [0.25, 0.3) is 0 Å². The maximum atomic E-state index is 6.54. The number of hydrogen-bond acceptors (Lipinski definition) is 8. The van der Waals surface area contributed by atoms with Gasteiger partial charge in [-0.05, 0) is 234 Å². The Morgan fingerprint density at radius 2 is 0.611 bits per heavy atom. The zero-order chi connectivity index (χ0) is 99.1. The van der Waals surface area contributed by atoms with Gasteiger partial charge >= 0.3 is 0 Å². The van der Waals surface area contributed by atoms with Crippen LogP contribution < -0.4 is 0 Å². The second-order valence-corrected chi connectivity index (χ2v) is 44.2. The van der Waals surface area contributed by atoms with E-state index in [9.17, 15) is 0 Å². The topological polar surface area (TPSA) is 105 Å². The van der Waals surface area contributed by atoms with Crippen LogP contribution in [-0.2, 0) is 21.7 Å². The lowest BCUT2D eigenvalue weighted by molar-refractivity contribution is 0.650. The zero-order valence-corrected chi connectivity index (χ0v) is 84.0. The molecule has 8 heterocycles. The summed E-state index contributed by atoms with van der Waals surface area (Å²) in [7, 11) is 0. The number of thiophene rings is 1. The number of fused-ring (bicyclic) bond motifs is 34. The number of para-hydroxylation sites is 1. The van der Waals surface area contributed by atoms with Gasteiger partial charge in [0, 0.05) is 97.3 Å². The van der Waals surface area contributed by atoms with Gasteiger partial charge in [-0.25, -0.2) is 24.9 Å². The van der Waals surface area contributed by atoms with Crippen LogP contribution in [-0.4, -0.2) is 43.6 Å². The van der Waals surface area contributed by atoms with Gasteiger partial charge in [0.05, 0.1) is 60.1 Å². The lowest BCUT2D eigenvalue weighted by Crippen LogP contribution is -2.19. The zero-order valence-electron chi connectivity index (χ0n) is 83.2. The average molecular weight is 1930 g/mol. The van der Waals surface area contributed by atoms with E-state index in [1.165, 1.54) is 185 Å². The molecule has 0 N–H and O–H groups in total. The second-order valence-electron chi connectivity index (χ2n) is 43.1. The van der Waals surface area contributed by atoms with Crippen LogP contribution in [0.3, 0.4) is 0 Å². The fourth-order valence-corrected chi connectivity index (χ4v) is 27.3. The molecule has 0 aliphatic heterocycles. The molecule has 0 bridgehead atoms. The summed E-state index contributed by atoms with van der Waals surface area (Å²) in [6.45, 7) is 18.6. The second kappa shape index (κ2) is 31.2. The molecule has 0 radical (unpaired) electrons. The monoisotopic (exact) mass is 1920 g/mol. The Balaban J connectivity index is 0.000000101. The van der Waals surface area contributed by atoms with Crippen molar-refractivity contribution < 1.29 is 4.42 Å². The van der Waals surface area contributed by atoms with Crippen molar-refractivity contribution in [2.75, 3.05) is 0 Å². The van der Waals surface area contributed by atoms with Crippen molar-refractivity contribution >= 4 is 184 Å². The van der Waals surface area contributed by atoms with Crippen molar-refractivity contribution in [3.8, 4) is 96.3 Å². The largest absolute Gasteiger partial charge is 0.437 e. The minimum atomic E-state index is -0.308. The highest BCUT2D eigenvalue weighted by atomic mass is 32.1. The predicted molar refractivity (Wildman–Crippen MR) is 621 cm³/mol. The fourth-order valence-electron chi connectivity index (χ4n) is 26.1. The normalized spacial score (nSPS) is 14.1. The van der Waals surface area contributed by atoms with Gasteiger partial charge in [0.15, 0.2) is 17.5 Å². The number of furan rings is 1. The van der Waals surface area contributed by atoms with Gasteiger partial charge in [-0.15, -0.1) is 11.3 Å². The van der Waals surface area contributed by atoms with E-state index < -0.39 is 0 Å². The molecule has 4 aliphatic carbocycles. The van der Waals surface area contributed by atoms with E-state index in [4.69, 9.17) is 34.3 Å². The Hall–Kier alpha value is -18.2. The Morgan fingerprint density at radius 3 is 1.14 bits per heavy atom. The third kappa shape index (κ3) is 12.4. The van der Waals surface area contributed by atoms with Gasteiger partial charge in [0.2, 0.25) is 11.7 Å². The molecular weight excluding hydrogens is 1830 g/mol. The van der Waals surface area contributed by atoms with Crippen LogP contribution in [0.25, 0.3) is 269 Å². The summed E-state index contributed by atoms with van der Waals surface area (Å²) in [6, 6.07) is 152. The predicted octanol–water partition coefficient (Wildman–Crippen LogP) is 36.1. The minimum Gasteiger partial charge on any atom is -0.437 e. The first kappa shape index (κ1) is 85.3. The first-order valence-corrected chi connectivity index (χ1v) is 52.4. The third-order valence-electron chi connectivity index (χ3n) is 33.5.